The Morgan fingerprint density at radius 1 is 1.21 bits per heavy atom. The van der Waals surface area contributed by atoms with E-state index >= 15 is 0 Å². The molecule has 1 fully saturated rings. The third-order valence-corrected chi connectivity index (χ3v) is 6.24. The van der Waals surface area contributed by atoms with E-state index in [1.807, 2.05) is 64.4 Å². The van der Waals surface area contributed by atoms with E-state index in [2.05, 4.69) is 4.98 Å². The number of aromatic nitrogens is 4. The van der Waals surface area contributed by atoms with Gasteiger partial charge in [-0.25, -0.2) is 9.50 Å². The van der Waals surface area contributed by atoms with Gasteiger partial charge in [-0.2, -0.15) is 5.10 Å². The van der Waals surface area contributed by atoms with Gasteiger partial charge in [0.05, 0.1) is 4.88 Å². The predicted molar refractivity (Wildman–Crippen MR) is 109 cm³/mol. The van der Waals surface area contributed by atoms with Crippen molar-refractivity contribution < 1.29 is 4.79 Å². The second kappa shape index (κ2) is 6.83. The molecule has 0 spiro atoms. The van der Waals surface area contributed by atoms with Crippen molar-refractivity contribution in [2.24, 2.45) is 0 Å². The molecular weight excluding hydrogens is 370 g/mol. The molecule has 6 nitrogen and oxygen atoms in total. The summed E-state index contributed by atoms with van der Waals surface area (Å²) in [5.41, 5.74) is 3.97. The Morgan fingerprint density at radius 3 is 2.93 bits per heavy atom. The van der Waals surface area contributed by atoms with Gasteiger partial charge in [0.2, 0.25) is 0 Å². The van der Waals surface area contributed by atoms with Crippen molar-refractivity contribution in [1.29, 1.82) is 0 Å². The van der Waals surface area contributed by atoms with Crippen molar-refractivity contribution in [2.45, 2.75) is 19.3 Å². The summed E-state index contributed by atoms with van der Waals surface area (Å²) in [5, 5.41) is 6.68. The fraction of sp³-hybridized carbons (Fsp3) is 0.238. The van der Waals surface area contributed by atoms with Crippen LogP contribution in [-0.4, -0.2) is 43.5 Å². The first-order valence-corrected chi connectivity index (χ1v) is 10.2. The molecule has 0 bridgehead atoms. The topological polar surface area (TPSA) is 63.4 Å². The number of aryl methyl sites for hydroxylation is 1. The van der Waals surface area contributed by atoms with Crippen LogP contribution in [0.25, 0.3) is 16.8 Å². The molecule has 1 aliphatic rings. The second-order valence-corrected chi connectivity index (χ2v) is 8.02. The number of pyridine rings is 2. The van der Waals surface area contributed by atoms with Gasteiger partial charge < -0.3 is 4.90 Å². The summed E-state index contributed by atoms with van der Waals surface area (Å²) in [7, 11) is 0. The Balaban J connectivity index is 1.38. The maximum Gasteiger partial charge on any atom is 0.264 e. The van der Waals surface area contributed by atoms with Crippen LogP contribution in [0.1, 0.15) is 33.4 Å². The number of rotatable bonds is 3. The smallest absolute Gasteiger partial charge is 0.264 e. The molecule has 5 heterocycles. The molecule has 28 heavy (non-hydrogen) atoms. The van der Waals surface area contributed by atoms with Gasteiger partial charge in [-0.3, -0.25) is 9.78 Å². The van der Waals surface area contributed by atoms with Crippen LogP contribution in [0.15, 0.2) is 54.3 Å². The highest BCUT2D eigenvalue weighted by atomic mass is 32.1. The number of carbonyl (C=O) groups excluding carboxylic acids is 1. The van der Waals surface area contributed by atoms with E-state index in [0.717, 1.165) is 46.0 Å². The maximum atomic E-state index is 12.8. The van der Waals surface area contributed by atoms with Gasteiger partial charge in [0.25, 0.3) is 5.91 Å². The highest BCUT2D eigenvalue weighted by Gasteiger charge is 2.31. The highest BCUT2D eigenvalue weighted by Crippen LogP contribution is 2.28. The third-order valence-electron chi connectivity index (χ3n) is 5.24. The van der Waals surface area contributed by atoms with Crippen molar-refractivity contribution in [3.8, 4) is 11.1 Å². The van der Waals surface area contributed by atoms with E-state index in [4.69, 9.17) is 10.1 Å². The van der Waals surface area contributed by atoms with E-state index in [1.165, 1.54) is 11.3 Å². The van der Waals surface area contributed by atoms with Crippen molar-refractivity contribution in [2.75, 3.05) is 13.1 Å². The first-order chi connectivity index (χ1) is 13.7. The lowest BCUT2D eigenvalue weighted by atomic mass is 10.1. The average Bonchev–Trinajstić information content (AvgIpc) is 3.46. The van der Waals surface area contributed by atoms with Crippen LogP contribution in [-0.2, 0) is 0 Å². The van der Waals surface area contributed by atoms with Crippen molar-refractivity contribution in [3.63, 3.8) is 0 Å². The molecule has 140 valence electrons. The molecule has 4 aromatic heterocycles. The van der Waals surface area contributed by atoms with E-state index in [1.54, 1.807) is 6.20 Å². The summed E-state index contributed by atoms with van der Waals surface area (Å²) in [6.45, 7) is 3.40. The molecule has 0 saturated carbocycles. The SMILES string of the molecule is Cc1ccsc1C(=O)N1CC[C@H](c2nc3ccc(-c4cccnc4)cn3n2)C1. The minimum absolute atomic E-state index is 0.123. The number of hydrogen-bond donors (Lipinski definition) is 0. The second-order valence-electron chi connectivity index (χ2n) is 7.10. The molecule has 7 heteroatoms. The normalized spacial score (nSPS) is 16.8. The van der Waals surface area contributed by atoms with Gasteiger partial charge in [0, 0.05) is 48.7 Å². The maximum absolute atomic E-state index is 12.8. The van der Waals surface area contributed by atoms with Gasteiger partial charge in [-0.05, 0) is 48.6 Å². The van der Waals surface area contributed by atoms with Crippen molar-refractivity contribution in [3.05, 3.63) is 70.6 Å². The Labute approximate surface area is 166 Å². The molecule has 1 atom stereocenters. The number of hydrogen-bond acceptors (Lipinski definition) is 5. The van der Waals surface area contributed by atoms with Crippen LogP contribution in [0.2, 0.25) is 0 Å². The molecule has 1 amide bonds. The number of amides is 1. The molecule has 1 saturated heterocycles. The Bertz CT molecular complexity index is 1150. The number of thiophene rings is 1. The fourth-order valence-electron chi connectivity index (χ4n) is 3.67. The van der Waals surface area contributed by atoms with Crippen LogP contribution in [0, 0.1) is 6.92 Å². The molecule has 1 aliphatic heterocycles. The first kappa shape index (κ1) is 17.1. The molecular formula is C21H19N5OS. The van der Waals surface area contributed by atoms with Crippen LogP contribution < -0.4 is 0 Å². The van der Waals surface area contributed by atoms with Crippen molar-refractivity contribution >= 4 is 22.9 Å². The van der Waals surface area contributed by atoms with E-state index < -0.39 is 0 Å². The van der Waals surface area contributed by atoms with Crippen LogP contribution >= 0.6 is 11.3 Å². The van der Waals surface area contributed by atoms with Gasteiger partial charge in [0.1, 0.15) is 0 Å². The summed E-state index contributed by atoms with van der Waals surface area (Å²) in [6.07, 6.45) is 6.48. The molecule has 0 unspecified atom stereocenters. The summed E-state index contributed by atoms with van der Waals surface area (Å²) < 4.78 is 1.82. The number of nitrogens with zero attached hydrogens (tertiary/aromatic N) is 5. The molecule has 0 N–H and O–H groups in total. The fourth-order valence-corrected chi connectivity index (χ4v) is 4.56. The van der Waals surface area contributed by atoms with E-state index in [9.17, 15) is 4.79 Å². The third kappa shape index (κ3) is 2.97. The molecule has 4 aromatic rings. The Kier molecular flexibility index (Phi) is 4.16. The molecule has 5 rings (SSSR count). The quantitative estimate of drug-likeness (QED) is 0.535. The lowest BCUT2D eigenvalue weighted by molar-refractivity contribution is 0.0794. The highest BCUT2D eigenvalue weighted by molar-refractivity contribution is 7.12. The Morgan fingerprint density at radius 2 is 2.14 bits per heavy atom. The zero-order chi connectivity index (χ0) is 19.1. The molecule has 0 aromatic carbocycles. The van der Waals surface area contributed by atoms with Crippen LogP contribution in [0.3, 0.4) is 0 Å². The van der Waals surface area contributed by atoms with Crippen LogP contribution in [0.5, 0.6) is 0 Å². The van der Waals surface area contributed by atoms with Gasteiger partial charge in [-0.15, -0.1) is 11.3 Å². The minimum atomic E-state index is 0.123. The lowest BCUT2D eigenvalue weighted by Crippen LogP contribution is -2.28. The zero-order valence-electron chi connectivity index (χ0n) is 15.4. The summed E-state index contributed by atoms with van der Waals surface area (Å²) >= 11 is 1.51. The summed E-state index contributed by atoms with van der Waals surface area (Å²) in [5.74, 6) is 1.10. The first-order valence-electron chi connectivity index (χ1n) is 9.29. The van der Waals surface area contributed by atoms with Gasteiger partial charge in [0.15, 0.2) is 11.5 Å². The average molecular weight is 389 g/mol. The van der Waals surface area contributed by atoms with E-state index in [-0.39, 0.29) is 11.8 Å². The zero-order valence-corrected chi connectivity index (χ0v) is 16.3. The van der Waals surface area contributed by atoms with Crippen LogP contribution in [0.4, 0.5) is 0 Å². The largest absolute Gasteiger partial charge is 0.337 e. The number of fused-ring (bicyclic) bond motifs is 1. The van der Waals surface area contributed by atoms with Gasteiger partial charge in [-0.1, -0.05) is 6.07 Å². The summed E-state index contributed by atoms with van der Waals surface area (Å²) in [4.78, 5) is 24.4. The lowest BCUT2D eigenvalue weighted by Gasteiger charge is -2.15. The Hall–Kier alpha value is -3.06. The summed E-state index contributed by atoms with van der Waals surface area (Å²) in [6, 6.07) is 9.96. The van der Waals surface area contributed by atoms with Crippen molar-refractivity contribution in [1.82, 2.24) is 24.5 Å². The molecule has 0 aliphatic carbocycles. The number of carbonyl (C=O) groups is 1. The standard InChI is InChI=1S/C21H19N5OS/c1-14-7-10-28-19(14)21(27)25-9-6-17(12-25)20-23-18-5-4-16(13-26(18)24-20)15-3-2-8-22-11-15/h2-5,7-8,10-11,13,17H,6,9,12H2,1H3/t17-/m0/s1. The molecule has 0 radical (unpaired) electrons. The predicted octanol–water partition coefficient (Wildman–Crippen LogP) is 3.79. The van der Waals surface area contributed by atoms with E-state index in [0.29, 0.717) is 6.54 Å². The van der Waals surface area contributed by atoms with Gasteiger partial charge >= 0.3 is 0 Å². The monoisotopic (exact) mass is 389 g/mol. The number of likely N-dealkylation sites (tertiary alicyclic amines) is 1. The minimum Gasteiger partial charge on any atom is -0.337 e.